The number of nitrogens with one attached hydrogen (secondary N) is 2. The molecular formula is C12H24N2O2. The molecule has 0 spiro atoms. The molecule has 1 amide bonds. The van der Waals surface area contributed by atoms with Crippen LogP contribution in [0.3, 0.4) is 0 Å². The lowest BCUT2D eigenvalue weighted by molar-refractivity contribution is -0.121. The van der Waals surface area contributed by atoms with Crippen LogP contribution in [-0.4, -0.2) is 38.3 Å². The van der Waals surface area contributed by atoms with Crippen LogP contribution in [0.4, 0.5) is 0 Å². The molecule has 1 rings (SSSR count). The first kappa shape index (κ1) is 13.5. The molecule has 2 N–H and O–H groups in total. The molecule has 0 radical (unpaired) electrons. The Kier molecular flexibility index (Phi) is 6.42. The van der Waals surface area contributed by atoms with Crippen molar-refractivity contribution < 1.29 is 9.53 Å². The van der Waals surface area contributed by atoms with Crippen molar-refractivity contribution in [3.8, 4) is 0 Å². The van der Waals surface area contributed by atoms with E-state index < -0.39 is 0 Å². The van der Waals surface area contributed by atoms with Gasteiger partial charge in [-0.15, -0.1) is 0 Å². The Hall–Kier alpha value is -0.610. The van der Waals surface area contributed by atoms with Gasteiger partial charge in [0.2, 0.25) is 5.91 Å². The molecule has 0 aromatic carbocycles. The Morgan fingerprint density at radius 3 is 2.75 bits per heavy atom. The minimum Gasteiger partial charge on any atom is -0.379 e. The summed E-state index contributed by atoms with van der Waals surface area (Å²) in [6.07, 6.45) is 3.11. The third kappa shape index (κ3) is 7.65. The maximum absolute atomic E-state index is 11.3. The quantitative estimate of drug-likeness (QED) is 0.577. The van der Waals surface area contributed by atoms with E-state index in [4.69, 9.17) is 4.74 Å². The summed E-state index contributed by atoms with van der Waals surface area (Å²) in [5.41, 5.74) is 0. The van der Waals surface area contributed by atoms with Gasteiger partial charge in [-0.05, 0) is 18.8 Å². The highest BCUT2D eigenvalue weighted by atomic mass is 16.5. The van der Waals surface area contributed by atoms with Crippen LogP contribution in [0, 0.1) is 5.92 Å². The second-order valence-electron chi connectivity index (χ2n) is 4.80. The van der Waals surface area contributed by atoms with Crippen molar-refractivity contribution in [2.24, 2.45) is 5.92 Å². The third-order valence-corrected chi connectivity index (χ3v) is 2.38. The van der Waals surface area contributed by atoms with Crippen LogP contribution < -0.4 is 10.6 Å². The summed E-state index contributed by atoms with van der Waals surface area (Å²) in [7, 11) is 0. The molecule has 0 atom stereocenters. The topological polar surface area (TPSA) is 50.4 Å². The molecule has 1 saturated carbocycles. The molecule has 0 unspecified atom stereocenters. The Labute approximate surface area is 98.1 Å². The maximum Gasteiger partial charge on any atom is 0.221 e. The summed E-state index contributed by atoms with van der Waals surface area (Å²) in [6.45, 7) is 7.02. The Morgan fingerprint density at radius 1 is 1.38 bits per heavy atom. The normalized spacial score (nSPS) is 15.4. The highest BCUT2D eigenvalue weighted by molar-refractivity contribution is 5.76. The first-order valence-electron chi connectivity index (χ1n) is 6.26. The van der Waals surface area contributed by atoms with Gasteiger partial charge in [0.1, 0.15) is 0 Å². The van der Waals surface area contributed by atoms with E-state index in [-0.39, 0.29) is 5.91 Å². The second kappa shape index (κ2) is 7.63. The number of hydrogen-bond donors (Lipinski definition) is 2. The molecule has 1 fully saturated rings. The van der Waals surface area contributed by atoms with Crippen LogP contribution >= 0.6 is 0 Å². The van der Waals surface area contributed by atoms with E-state index in [1.807, 2.05) is 0 Å². The highest BCUT2D eigenvalue weighted by Crippen LogP contribution is 2.18. The van der Waals surface area contributed by atoms with E-state index in [9.17, 15) is 4.79 Å². The van der Waals surface area contributed by atoms with Crippen LogP contribution in [0.15, 0.2) is 0 Å². The van der Waals surface area contributed by atoms with Gasteiger partial charge in [-0.1, -0.05) is 13.8 Å². The maximum atomic E-state index is 11.3. The van der Waals surface area contributed by atoms with Crippen LogP contribution in [0.2, 0.25) is 0 Å². The number of carbonyl (C=O) groups is 1. The molecule has 0 aromatic heterocycles. The van der Waals surface area contributed by atoms with E-state index in [2.05, 4.69) is 24.5 Å². The Balaban J connectivity index is 1.81. The zero-order valence-electron chi connectivity index (χ0n) is 10.4. The number of rotatable bonds is 9. The average Bonchev–Trinajstić information content (AvgIpc) is 3.00. The Bertz CT molecular complexity index is 203. The van der Waals surface area contributed by atoms with Gasteiger partial charge in [0.05, 0.1) is 6.61 Å². The molecule has 4 heteroatoms. The van der Waals surface area contributed by atoms with Crippen molar-refractivity contribution in [1.82, 2.24) is 10.6 Å². The SMILES string of the molecule is CC(C)COCCNC(=O)CCNC1CC1. The summed E-state index contributed by atoms with van der Waals surface area (Å²) < 4.78 is 5.37. The fraction of sp³-hybridized carbons (Fsp3) is 0.917. The van der Waals surface area contributed by atoms with Gasteiger partial charge >= 0.3 is 0 Å². The van der Waals surface area contributed by atoms with Gasteiger partial charge in [0, 0.05) is 32.2 Å². The molecule has 1 aliphatic rings. The highest BCUT2D eigenvalue weighted by Gasteiger charge is 2.19. The third-order valence-electron chi connectivity index (χ3n) is 2.38. The van der Waals surface area contributed by atoms with Gasteiger partial charge in [0.25, 0.3) is 0 Å². The lowest BCUT2D eigenvalue weighted by Gasteiger charge is -2.08. The minimum absolute atomic E-state index is 0.112. The zero-order valence-corrected chi connectivity index (χ0v) is 10.4. The monoisotopic (exact) mass is 228 g/mol. The van der Waals surface area contributed by atoms with Gasteiger partial charge < -0.3 is 15.4 Å². The predicted octanol–water partition coefficient (Wildman–Crippen LogP) is 0.917. The first-order chi connectivity index (χ1) is 7.68. The number of carbonyl (C=O) groups excluding carboxylic acids is 1. The van der Waals surface area contributed by atoms with E-state index in [0.717, 1.165) is 13.2 Å². The first-order valence-corrected chi connectivity index (χ1v) is 6.26. The molecule has 0 saturated heterocycles. The smallest absolute Gasteiger partial charge is 0.221 e. The summed E-state index contributed by atoms with van der Waals surface area (Å²) in [4.78, 5) is 11.3. The molecule has 0 heterocycles. The van der Waals surface area contributed by atoms with Crippen LogP contribution in [0.1, 0.15) is 33.1 Å². The van der Waals surface area contributed by atoms with E-state index >= 15 is 0 Å². The van der Waals surface area contributed by atoms with Crippen molar-refractivity contribution in [3.05, 3.63) is 0 Å². The summed E-state index contributed by atoms with van der Waals surface area (Å²) >= 11 is 0. The standard InChI is InChI=1S/C12H24N2O2/c1-10(2)9-16-8-7-14-12(15)5-6-13-11-3-4-11/h10-11,13H,3-9H2,1-2H3,(H,14,15). The molecule has 94 valence electrons. The molecule has 0 aromatic rings. The van der Waals surface area contributed by atoms with Crippen molar-refractivity contribution in [2.75, 3.05) is 26.3 Å². The number of hydrogen-bond acceptors (Lipinski definition) is 3. The van der Waals surface area contributed by atoms with Crippen molar-refractivity contribution in [3.63, 3.8) is 0 Å². The van der Waals surface area contributed by atoms with E-state index in [0.29, 0.717) is 31.5 Å². The average molecular weight is 228 g/mol. The van der Waals surface area contributed by atoms with Crippen molar-refractivity contribution >= 4 is 5.91 Å². The molecule has 0 aliphatic heterocycles. The molecule has 1 aliphatic carbocycles. The fourth-order valence-corrected chi connectivity index (χ4v) is 1.35. The van der Waals surface area contributed by atoms with E-state index in [1.165, 1.54) is 12.8 Å². The lowest BCUT2D eigenvalue weighted by atomic mass is 10.2. The van der Waals surface area contributed by atoms with Crippen LogP contribution in [0.5, 0.6) is 0 Å². The number of amides is 1. The zero-order chi connectivity index (χ0) is 11.8. The van der Waals surface area contributed by atoms with Gasteiger partial charge in [-0.2, -0.15) is 0 Å². The molecule has 0 bridgehead atoms. The van der Waals surface area contributed by atoms with Crippen molar-refractivity contribution in [2.45, 2.75) is 39.2 Å². The second-order valence-corrected chi connectivity index (χ2v) is 4.80. The number of ether oxygens (including phenoxy) is 1. The van der Waals surface area contributed by atoms with Gasteiger partial charge in [-0.25, -0.2) is 0 Å². The lowest BCUT2D eigenvalue weighted by Crippen LogP contribution is -2.31. The van der Waals surface area contributed by atoms with Crippen LogP contribution in [-0.2, 0) is 9.53 Å². The van der Waals surface area contributed by atoms with E-state index in [1.54, 1.807) is 0 Å². The fourth-order valence-electron chi connectivity index (χ4n) is 1.35. The molecule has 4 nitrogen and oxygen atoms in total. The van der Waals surface area contributed by atoms with Crippen molar-refractivity contribution in [1.29, 1.82) is 0 Å². The van der Waals surface area contributed by atoms with Gasteiger partial charge in [0.15, 0.2) is 0 Å². The minimum atomic E-state index is 0.112. The summed E-state index contributed by atoms with van der Waals surface area (Å²) in [5.74, 6) is 0.666. The molecular weight excluding hydrogens is 204 g/mol. The summed E-state index contributed by atoms with van der Waals surface area (Å²) in [6, 6.07) is 0.683. The Morgan fingerprint density at radius 2 is 2.12 bits per heavy atom. The summed E-state index contributed by atoms with van der Waals surface area (Å²) in [5, 5.41) is 6.16. The van der Waals surface area contributed by atoms with Gasteiger partial charge in [-0.3, -0.25) is 4.79 Å². The largest absolute Gasteiger partial charge is 0.379 e. The van der Waals surface area contributed by atoms with Crippen LogP contribution in [0.25, 0.3) is 0 Å². The molecule has 16 heavy (non-hydrogen) atoms. The predicted molar refractivity (Wildman–Crippen MR) is 64.3 cm³/mol.